The van der Waals surface area contributed by atoms with Crippen LogP contribution in [0.4, 0.5) is 0 Å². The van der Waals surface area contributed by atoms with E-state index in [-0.39, 0.29) is 29.5 Å². The minimum atomic E-state index is 0. The SMILES string of the molecule is CN(C(N)=NCCNC(C)(C)C)C1CC1.I. The van der Waals surface area contributed by atoms with Crippen LogP contribution in [0, 0.1) is 0 Å². The molecular weight excluding hydrogens is 315 g/mol. The van der Waals surface area contributed by atoms with Gasteiger partial charge >= 0.3 is 0 Å². The van der Waals surface area contributed by atoms with Gasteiger partial charge in [-0.05, 0) is 33.6 Å². The van der Waals surface area contributed by atoms with Crippen molar-refractivity contribution in [3.05, 3.63) is 0 Å². The highest BCUT2D eigenvalue weighted by Crippen LogP contribution is 2.24. The van der Waals surface area contributed by atoms with E-state index in [1.54, 1.807) is 0 Å². The molecule has 0 unspecified atom stereocenters. The lowest BCUT2D eigenvalue weighted by atomic mass is 10.1. The van der Waals surface area contributed by atoms with E-state index in [9.17, 15) is 0 Å². The second-order valence-electron chi connectivity index (χ2n) is 5.26. The maximum Gasteiger partial charge on any atom is 0.191 e. The quantitative estimate of drug-likeness (QED) is 0.352. The Morgan fingerprint density at radius 3 is 2.44 bits per heavy atom. The van der Waals surface area contributed by atoms with Crippen LogP contribution in [0.25, 0.3) is 0 Å². The monoisotopic (exact) mass is 340 g/mol. The molecule has 0 aromatic heterocycles. The van der Waals surface area contributed by atoms with Crippen LogP contribution in [-0.4, -0.2) is 42.6 Å². The van der Waals surface area contributed by atoms with E-state index < -0.39 is 0 Å². The molecule has 0 saturated heterocycles. The molecule has 16 heavy (non-hydrogen) atoms. The summed E-state index contributed by atoms with van der Waals surface area (Å²) in [5.41, 5.74) is 6.02. The summed E-state index contributed by atoms with van der Waals surface area (Å²) in [5, 5.41) is 3.38. The lowest BCUT2D eigenvalue weighted by Gasteiger charge is -2.20. The lowest BCUT2D eigenvalue weighted by molar-refractivity contribution is 0.430. The molecule has 0 atom stereocenters. The minimum absolute atomic E-state index is 0. The molecule has 1 fully saturated rings. The van der Waals surface area contributed by atoms with Gasteiger partial charge in [0, 0.05) is 25.2 Å². The van der Waals surface area contributed by atoms with Gasteiger partial charge in [0.2, 0.25) is 0 Å². The predicted molar refractivity (Wildman–Crippen MR) is 80.4 cm³/mol. The Balaban J connectivity index is 0.00000225. The minimum Gasteiger partial charge on any atom is -0.370 e. The van der Waals surface area contributed by atoms with Gasteiger partial charge in [0.15, 0.2) is 5.96 Å². The first-order chi connectivity index (χ1) is 6.90. The fourth-order valence-corrected chi connectivity index (χ4v) is 1.36. The van der Waals surface area contributed by atoms with Crippen LogP contribution in [0.3, 0.4) is 0 Å². The van der Waals surface area contributed by atoms with Crippen molar-refractivity contribution in [2.45, 2.75) is 45.2 Å². The molecule has 3 N–H and O–H groups in total. The molecule has 1 rings (SSSR count). The number of aliphatic imine (C=N–C) groups is 1. The smallest absolute Gasteiger partial charge is 0.191 e. The Labute approximate surface area is 116 Å². The van der Waals surface area contributed by atoms with Gasteiger partial charge in [-0.2, -0.15) is 0 Å². The maximum absolute atomic E-state index is 5.86. The van der Waals surface area contributed by atoms with E-state index in [2.05, 4.69) is 36.0 Å². The first-order valence-electron chi connectivity index (χ1n) is 5.68. The van der Waals surface area contributed by atoms with E-state index in [1.165, 1.54) is 12.8 Å². The van der Waals surface area contributed by atoms with Gasteiger partial charge in [0.1, 0.15) is 0 Å². The van der Waals surface area contributed by atoms with Crippen LogP contribution in [0.15, 0.2) is 4.99 Å². The van der Waals surface area contributed by atoms with Gasteiger partial charge in [-0.1, -0.05) is 0 Å². The van der Waals surface area contributed by atoms with Gasteiger partial charge in [-0.25, -0.2) is 0 Å². The highest BCUT2D eigenvalue weighted by atomic mass is 127. The van der Waals surface area contributed by atoms with Crippen molar-refractivity contribution in [3.8, 4) is 0 Å². The van der Waals surface area contributed by atoms with E-state index in [0.717, 1.165) is 13.1 Å². The Morgan fingerprint density at radius 1 is 1.44 bits per heavy atom. The summed E-state index contributed by atoms with van der Waals surface area (Å²) >= 11 is 0. The summed E-state index contributed by atoms with van der Waals surface area (Å²) in [6.07, 6.45) is 2.51. The number of nitrogens with one attached hydrogen (secondary N) is 1. The van der Waals surface area contributed by atoms with Crippen molar-refractivity contribution in [1.29, 1.82) is 0 Å². The Morgan fingerprint density at radius 2 is 2.00 bits per heavy atom. The standard InChI is InChI=1S/C11H24N4.HI/c1-11(2,3)14-8-7-13-10(12)15(4)9-5-6-9;/h9,14H,5-8H2,1-4H3,(H2,12,13);1H. The normalized spacial score (nSPS) is 16.9. The van der Waals surface area contributed by atoms with Crippen molar-refractivity contribution < 1.29 is 0 Å². The average Bonchev–Trinajstić information content (AvgIpc) is 2.92. The highest BCUT2D eigenvalue weighted by Gasteiger charge is 2.27. The molecule has 0 aliphatic heterocycles. The number of rotatable bonds is 4. The maximum atomic E-state index is 5.86. The van der Waals surface area contributed by atoms with Gasteiger partial charge in [0.05, 0.1) is 6.54 Å². The fraction of sp³-hybridized carbons (Fsp3) is 0.909. The van der Waals surface area contributed by atoms with Crippen molar-refractivity contribution in [3.63, 3.8) is 0 Å². The lowest BCUT2D eigenvalue weighted by Crippen LogP contribution is -2.39. The topological polar surface area (TPSA) is 53.6 Å². The summed E-state index contributed by atoms with van der Waals surface area (Å²) in [7, 11) is 2.02. The van der Waals surface area contributed by atoms with Crippen LogP contribution in [0.5, 0.6) is 0 Å². The first-order valence-corrected chi connectivity index (χ1v) is 5.68. The molecule has 0 amide bonds. The zero-order valence-electron chi connectivity index (χ0n) is 10.8. The van der Waals surface area contributed by atoms with Crippen LogP contribution in [-0.2, 0) is 0 Å². The molecule has 0 bridgehead atoms. The summed E-state index contributed by atoms with van der Waals surface area (Å²) < 4.78 is 0. The second kappa shape index (κ2) is 6.64. The zero-order chi connectivity index (χ0) is 11.5. The van der Waals surface area contributed by atoms with Gasteiger partial charge in [0.25, 0.3) is 0 Å². The van der Waals surface area contributed by atoms with E-state index >= 15 is 0 Å². The molecule has 5 heteroatoms. The van der Waals surface area contributed by atoms with Crippen LogP contribution >= 0.6 is 24.0 Å². The third kappa shape index (κ3) is 6.52. The van der Waals surface area contributed by atoms with E-state index in [0.29, 0.717) is 12.0 Å². The largest absolute Gasteiger partial charge is 0.370 e. The number of nitrogens with zero attached hydrogens (tertiary/aromatic N) is 2. The predicted octanol–water partition coefficient (Wildman–Crippen LogP) is 1.40. The van der Waals surface area contributed by atoms with Gasteiger partial charge in [-0.15, -0.1) is 24.0 Å². The van der Waals surface area contributed by atoms with Crippen molar-refractivity contribution in [2.75, 3.05) is 20.1 Å². The Hall–Kier alpha value is -0.0400. The number of hydrogen-bond donors (Lipinski definition) is 2. The van der Waals surface area contributed by atoms with E-state index in [1.807, 2.05) is 7.05 Å². The van der Waals surface area contributed by atoms with Crippen molar-refractivity contribution >= 4 is 29.9 Å². The highest BCUT2D eigenvalue weighted by molar-refractivity contribution is 14.0. The second-order valence-corrected chi connectivity index (χ2v) is 5.26. The third-order valence-electron chi connectivity index (χ3n) is 2.50. The Kier molecular flexibility index (Phi) is 6.62. The molecule has 1 aliphatic carbocycles. The van der Waals surface area contributed by atoms with Gasteiger partial charge < -0.3 is 16.0 Å². The molecule has 1 saturated carbocycles. The molecule has 0 heterocycles. The van der Waals surface area contributed by atoms with Crippen LogP contribution < -0.4 is 11.1 Å². The van der Waals surface area contributed by atoms with Crippen LogP contribution in [0.1, 0.15) is 33.6 Å². The fourth-order valence-electron chi connectivity index (χ4n) is 1.36. The summed E-state index contributed by atoms with van der Waals surface area (Å²) in [4.78, 5) is 6.43. The molecular formula is C11H25IN4. The summed E-state index contributed by atoms with van der Waals surface area (Å²) in [6.45, 7) is 8.08. The first kappa shape index (κ1) is 16.0. The van der Waals surface area contributed by atoms with Crippen molar-refractivity contribution in [1.82, 2.24) is 10.2 Å². The molecule has 0 aromatic rings. The molecule has 1 aliphatic rings. The Bertz CT molecular complexity index is 231. The number of nitrogens with two attached hydrogens (primary N) is 1. The zero-order valence-corrected chi connectivity index (χ0v) is 13.1. The van der Waals surface area contributed by atoms with Crippen molar-refractivity contribution in [2.24, 2.45) is 10.7 Å². The molecule has 0 aromatic carbocycles. The van der Waals surface area contributed by atoms with Crippen LogP contribution in [0.2, 0.25) is 0 Å². The molecule has 4 nitrogen and oxygen atoms in total. The average molecular weight is 340 g/mol. The molecule has 96 valence electrons. The summed E-state index contributed by atoms with van der Waals surface area (Å²) in [6, 6.07) is 0.643. The molecule has 0 radical (unpaired) electrons. The number of halogens is 1. The van der Waals surface area contributed by atoms with Gasteiger partial charge in [-0.3, -0.25) is 4.99 Å². The number of hydrogen-bond acceptors (Lipinski definition) is 2. The number of guanidine groups is 1. The van der Waals surface area contributed by atoms with E-state index in [4.69, 9.17) is 5.73 Å². The third-order valence-corrected chi connectivity index (χ3v) is 2.50. The summed E-state index contributed by atoms with van der Waals surface area (Å²) in [5.74, 6) is 0.674. The molecule has 0 spiro atoms.